The van der Waals surface area contributed by atoms with Crippen LogP contribution in [0.3, 0.4) is 0 Å². The molecule has 1 aromatic heterocycles. The van der Waals surface area contributed by atoms with E-state index in [0.717, 1.165) is 41.0 Å². The Bertz CT molecular complexity index is 617. The van der Waals surface area contributed by atoms with Gasteiger partial charge in [-0.15, -0.1) is 11.6 Å². The van der Waals surface area contributed by atoms with Crippen LogP contribution in [-0.4, -0.2) is 34.1 Å². The number of alkyl halides is 1. The third-order valence-corrected chi connectivity index (χ3v) is 5.01. The smallest absolute Gasteiger partial charge is 0.124 e. The molecular weight excluding hydrogens is 305 g/mol. The van der Waals surface area contributed by atoms with E-state index >= 15 is 0 Å². The van der Waals surface area contributed by atoms with Crippen LogP contribution in [0.2, 0.25) is 5.02 Å². The van der Waals surface area contributed by atoms with E-state index < -0.39 is 0 Å². The predicted molar refractivity (Wildman–Crippen MR) is 89.2 cm³/mol. The monoisotopic (exact) mass is 325 g/mol. The molecule has 0 bridgehead atoms. The molecule has 1 heterocycles. The minimum absolute atomic E-state index is 0.430. The first-order valence-corrected chi connectivity index (χ1v) is 8.51. The molecule has 0 aliphatic heterocycles. The van der Waals surface area contributed by atoms with Crippen LogP contribution in [0.4, 0.5) is 0 Å². The predicted octanol–water partition coefficient (Wildman–Crippen LogP) is 4.30. The molecule has 1 saturated carbocycles. The molecule has 1 fully saturated rings. The summed E-state index contributed by atoms with van der Waals surface area (Å²) in [5.74, 6) is 1.35. The topological polar surface area (TPSA) is 21.1 Å². The van der Waals surface area contributed by atoms with Gasteiger partial charge in [-0.1, -0.05) is 24.4 Å². The maximum atomic E-state index is 6.12. The Morgan fingerprint density at radius 3 is 2.81 bits per heavy atom. The van der Waals surface area contributed by atoms with Gasteiger partial charge in [0, 0.05) is 24.2 Å². The van der Waals surface area contributed by atoms with Gasteiger partial charge in [0.05, 0.1) is 16.9 Å². The zero-order chi connectivity index (χ0) is 14.8. The van der Waals surface area contributed by atoms with Gasteiger partial charge in [0.25, 0.3) is 0 Å². The van der Waals surface area contributed by atoms with Crippen LogP contribution < -0.4 is 0 Å². The van der Waals surface area contributed by atoms with Gasteiger partial charge < -0.3 is 9.47 Å². The maximum Gasteiger partial charge on any atom is 0.124 e. The number of fused-ring (bicyclic) bond motifs is 1. The highest BCUT2D eigenvalue weighted by molar-refractivity contribution is 6.31. The van der Waals surface area contributed by atoms with Crippen molar-refractivity contribution in [2.24, 2.45) is 0 Å². The van der Waals surface area contributed by atoms with Crippen molar-refractivity contribution in [3.05, 3.63) is 29.0 Å². The number of likely N-dealkylation sites (N-methyl/N-ethyl adjacent to an activating group) is 1. The van der Waals surface area contributed by atoms with Gasteiger partial charge in [-0.3, -0.25) is 0 Å². The highest BCUT2D eigenvalue weighted by Gasteiger charge is 2.19. The Labute approximate surface area is 135 Å². The Balaban J connectivity index is 1.80. The van der Waals surface area contributed by atoms with Crippen LogP contribution in [0.5, 0.6) is 0 Å². The average molecular weight is 326 g/mol. The fourth-order valence-corrected chi connectivity index (χ4v) is 3.65. The van der Waals surface area contributed by atoms with Gasteiger partial charge in [-0.25, -0.2) is 4.98 Å². The zero-order valence-electron chi connectivity index (χ0n) is 12.4. The van der Waals surface area contributed by atoms with E-state index in [2.05, 4.69) is 21.5 Å². The van der Waals surface area contributed by atoms with E-state index in [-0.39, 0.29) is 0 Å². The normalized spacial score (nSPS) is 16.4. The lowest BCUT2D eigenvalue weighted by atomic mass is 10.2. The first kappa shape index (κ1) is 15.1. The first-order chi connectivity index (χ1) is 10.2. The highest BCUT2D eigenvalue weighted by atomic mass is 35.5. The van der Waals surface area contributed by atoms with Crippen molar-refractivity contribution >= 4 is 34.2 Å². The largest absolute Gasteiger partial charge is 0.326 e. The van der Waals surface area contributed by atoms with E-state index in [1.54, 1.807) is 0 Å². The molecule has 0 radical (unpaired) electrons. The summed E-state index contributed by atoms with van der Waals surface area (Å²) < 4.78 is 2.21. The molecule has 0 unspecified atom stereocenters. The first-order valence-electron chi connectivity index (χ1n) is 7.60. The Kier molecular flexibility index (Phi) is 4.72. The summed E-state index contributed by atoms with van der Waals surface area (Å²) >= 11 is 12.2. The van der Waals surface area contributed by atoms with E-state index in [9.17, 15) is 0 Å². The lowest BCUT2D eigenvalue weighted by Gasteiger charge is -2.24. The number of rotatable bonds is 5. The van der Waals surface area contributed by atoms with Crippen molar-refractivity contribution in [3.8, 4) is 0 Å². The second-order valence-corrected chi connectivity index (χ2v) is 6.57. The molecule has 21 heavy (non-hydrogen) atoms. The van der Waals surface area contributed by atoms with Crippen LogP contribution in [0, 0.1) is 0 Å². The Hall–Kier alpha value is -0.770. The van der Waals surface area contributed by atoms with E-state index in [1.165, 1.54) is 25.7 Å². The second kappa shape index (κ2) is 6.55. The summed E-state index contributed by atoms with van der Waals surface area (Å²) in [6.07, 6.45) is 5.39. The number of halogens is 2. The molecular formula is C16H21Cl2N3. The minimum Gasteiger partial charge on any atom is -0.326 e. The summed E-state index contributed by atoms with van der Waals surface area (Å²) in [5.41, 5.74) is 2.05. The molecule has 0 atom stereocenters. The maximum absolute atomic E-state index is 6.12. The summed E-state index contributed by atoms with van der Waals surface area (Å²) in [4.78, 5) is 7.08. The fraction of sp³-hybridized carbons (Fsp3) is 0.562. The van der Waals surface area contributed by atoms with Crippen molar-refractivity contribution in [3.63, 3.8) is 0 Å². The number of aromatic nitrogens is 2. The van der Waals surface area contributed by atoms with Crippen LogP contribution in [0.15, 0.2) is 18.2 Å². The summed E-state index contributed by atoms with van der Waals surface area (Å²) in [6, 6.07) is 6.56. The van der Waals surface area contributed by atoms with Crippen LogP contribution in [0.25, 0.3) is 11.0 Å². The lowest BCUT2D eigenvalue weighted by Crippen LogP contribution is -2.32. The Morgan fingerprint density at radius 1 is 1.33 bits per heavy atom. The van der Waals surface area contributed by atoms with Gasteiger partial charge in [0.15, 0.2) is 0 Å². The van der Waals surface area contributed by atoms with E-state index in [0.29, 0.717) is 5.88 Å². The van der Waals surface area contributed by atoms with Crippen molar-refractivity contribution in [1.29, 1.82) is 0 Å². The third kappa shape index (κ3) is 3.20. The number of imidazole rings is 1. The van der Waals surface area contributed by atoms with Crippen molar-refractivity contribution in [2.75, 3.05) is 13.6 Å². The summed E-state index contributed by atoms with van der Waals surface area (Å²) in [6.45, 7) is 1.93. The van der Waals surface area contributed by atoms with Crippen molar-refractivity contribution in [2.45, 2.75) is 44.1 Å². The highest BCUT2D eigenvalue weighted by Crippen LogP contribution is 2.24. The zero-order valence-corrected chi connectivity index (χ0v) is 13.9. The fourth-order valence-electron chi connectivity index (χ4n) is 3.28. The third-order valence-electron chi connectivity index (χ3n) is 4.53. The van der Waals surface area contributed by atoms with Crippen LogP contribution in [0.1, 0.15) is 31.5 Å². The SMILES string of the molecule is CN(CCn1c(CCl)nc2ccc(Cl)cc21)C1CCCC1. The lowest BCUT2D eigenvalue weighted by molar-refractivity contribution is 0.236. The van der Waals surface area contributed by atoms with E-state index in [4.69, 9.17) is 23.2 Å². The summed E-state index contributed by atoms with van der Waals surface area (Å²) in [7, 11) is 2.22. The van der Waals surface area contributed by atoms with Crippen LogP contribution in [-0.2, 0) is 12.4 Å². The number of benzene rings is 1. The number of hydrogen-bond donors (Lipinski definition) is 0. The second-order valence-electron chi connectivity index (χ2n) is 5.87. The molecule has 2 aromatic rings. The quantitative estimate of drug-likeness (QED) is 0.764. The molecule has 0 saturated heterocycles. The molecule has 3 rings (SSSR count). The van der Waals surface area contributed by atoms with E-state index in [1.807, 2.05) is 18.2 Å². The molecule has 1 aliphatic carbocycles. The van der Waals surface area contributed by atoms with Gasteiger partial charge in [0.2, 0.25) is 0 Å². The molecule has 0 amide bonds. The van der Waals surface area contributed by atoms with Gasteiger partial charge in [0.1, 0.15) is 5.82 Å². The average Bonchev–Trinajstić information content (AvgIpc) is 3.12. The van der Waals surface area contributed by atoms with Gasteiger partial charge in [-0.2, -0.15) is 0 Å². The number of nitrogens with zero attached hydrogens (tertiary/aromatic N) is 3. The van der Waals surface area contributed by atoms with Gasteiger partial charge in [-0.05, 0) is 38.1 Å². The van der Waals surface area contributed by atoms with Crippen molar-refractivity contribution < 1.29 is 0 Å². The molecule has 1 aromatic carbocycles. The van der Waals surface area contributed by atoms with Crippen molar-refractivity contribution in [1.82, 2.24) is 14.5 Å². The molecule has 3 nitrogen and oxygen atoms in total. The summed E-state index contributed by atoms with van der Waals surface area (Å²) in [5, 5.41) is 0.744. The molecule has 0 N–H and O–H groups in total. The molecule has 0 spiro atoms. The molecule has 114 valence electrons. The molecule has 5 heteroatoms. The standard InChI is InChI=1S/C16H21Cl2N3/c1-20(13-4-2-3-5-13)8-9-21-15-10-12(18)6-7-14(15)19-16(21)11-17/h6-7,10,13H,2-5,8-9,11H2,1H3. The molecule has 1 aliphatic rings. The number of hydrogen-bond acceptors (Lipinski definition) is 2. The minimum atomic E-state index is 0.430. The van der Waals surface area contributed by atoms with Crippen LogP contribution >= 0.6 is 23.2 Å². The van der Waals surface area contributed by atoms with Gasteiger partial charge >= 0.3 is 0 Å². The Morgan fingerprint density at radius 2 is 2.10 bits per heavy atom.